The fourth-order valence-corrected chi connectivity index (χ4v) is 3.45. The van der Waals surface area contributed by atoms with Crippen molar-refractivity contribution in [3.63, 3.8) is 0 Å². The Labute approximate surface area is 179 Å². The second kappa shape index (κ2) is 9.38. The minimum atomic E-state index is -0.312. The number of pyridine rings is 1. The van der Waals surface area contributed by atoms with Crippen LogP contribution in [0.3, 0.4) is 0 Å². The first-order chi connectivity index (χ1) is 15.2. The van der Waals surface area contributed by atoms with Crippen molar-refractivity contribution in [3.05, 3.63) is 84.1 Å². The first kappa shape index (κ1) is 20.5. The van der Waals surface area contributed by atoms with E-state index in [9.17, 15) is 9.18 Å². The lowest BCUT2D eigenvalue weighted by Crippen LogP contribution is -2.26. The number of fused-ring (bicyclic) bond motifs is 1. The van der Waals surface area contributed by atoms with E-state index in [1.165, 1.54) is 12.1 Å². The maximum Gasteiger partial charge on any atom is 0.254 e. The van der Waals surface area contributed by atoms with E-state index in [1.54, 1.807) is 29.2 Å². The highest BCUT2D eigenvalue weighted by atomic mass is 19.1. The van der Waals surface area contributed by atoms with E-state index in [4.69, 9.17) is 4.74 Å². The van der Waals surface area contributed by atoms with Crippen LogP contribution in [0.1, 0.15) is 29.4 Å². The van der Waals surface area contributed by atoms with Gasteiger partial charge in [0.1, 0.15) is 17.1 Å². The largest absolute Gasteiger partial charge is 0.491 e. The Morgan fingerprint density at radius 1 is 1.13 bits per heavy atom. The monoisotopic (exact) mass is 418 g/mol. The highest BCUT2D eigenvalue weighted by molar-refractivity contribution is 5.95. The van der Waals surface area contributed by atoms with Gasteiger partial charge < -0.3 is 10.1 Å². The predicted molar refractivity (Wildman–Crippen MR) is 117 cm³/mol. The molecule has 0 radical (unpaired) electrons. The van der Waals surface area contributed by atoms with Crippen molar-refractivity contribution in [3.8, 4) is 11.4 Å². The maximum absolute atomic E-state index is 13.2. The van der Waals surface area contributed by atoms with Crippen LogP contribution in [-0.2, 0) is 6.42 Å². The van der Waals surface area contributed by atoms with Gasteiger partial charge in [-0.25, -0.2) is 9.07 Å². The second-order valence-corrected chi connectivity index (χ2v) is 7.04. The van der Waals surface area contributed by atoms with E-state index in [-0.39, 0.29) is 11.7 Å². The van der Waals surface area contributed by atoms with E-state index in [0.717, 1.165) is 28.0 Å². The zero-order valence-corrected chi connectivity index (χ0v) is 17.2. The number of ether oxygens (including phenoxy) is 1. The molecule has 158 valence electrons. The third-order valence-electron chi connectivity index (χ3n) is 4.98. The summed E-state index contributed by atoms with van der Waals surface area (Å²) in [6, 6.07) is 15.7. The van der Waals surface area contributed by atoms with Crippen LogP contribution in [0.5, 0.6) is 5.75 Å². The molecule has 0 atom stereocenters. The van der Waals surface area contributed by atoms with Crippen LogP contribution in [0.25, 0.3) is 16.6 Å². The molecule has 2 aromatic carbocycles. The number of hydrogen-bond donors (Lipinski definition) is 1. The number of rotatable bonds is 8. The van der Waals surface area contributed by atoms with Gasteiger partial charge in [-0.2, -0.15) is 5.10 Å². The van der Waals surface area contributed by atoms with Crippen LogP contribution < -0.4 is 10.1 Å². The summed E-state index contributed by atoms with van der Waals surface area (Å²) < 4.78 is 20.7. The van der Waals surface area contributed by atoms with Gasteiger partial charge in [0.25, 0.3) is 5.91 Å². The number of aromatic nitrogens is 3. The Kier molecular flexibility index (Phi) is 6.21. The number of halogens is 1. The zero-order valence-electron chi connectivity index (χ0n) is 17.2. The number of para-hydroxylation sites is 1. The van der Waals surface area contributed by atoms with Crippen LogP contribution in [0.15, 0.2) is 67.0 Å². The van der Waals surface area contributed by atoms with Gasteiger partial charge in [0.15, 0.2) is 0 Å². The molecule has 1 amide bonds. The lowest BCUT2D eigenvalue weighted by molar-refractivity contribution is 0.0950. The number of nitrogens with zero attached hydrogens (tertiary/aromatic N) is 3. The molecule has 0 spiro atoms. The van der Waals surface area contributed by atoms with Gasteiger partial charge >= 0.3 is 0 Å². The summed E-state index contributed by atoms with van der Waals surface area (Å²) in [5.41, 5.74) is 2.84. The van der Waals surface area contributed by atoms with Crippen molar-refractivity contribution in [1.82, 2.24) is 20.1 Å². The Bertz CT molecular complexity index is 1180. The topological polar surface area (TPSA) is 69.0 Å². The quantitative estimate of drug-likeness (QED) is 0.433. The molecule has 2 aromatic heterocycles. The molecule has 0 bridgehead atoms. The minimum Gasteiger partial charge on any atom is -0.491 e. The smallest absolute Gasteiger partial charge is 0.254 e. The van der Waals surface area contributed by atoms with Crippen LogP contribution in [0.4, 0.5) is 4.39 Å². The van der Waals surface area contributed by atoms with Crippen LogP contribution in [0.2, 0.25) is 0 Å². The normalized spacial score (nSPS) is 10.9. The van der Waals surface area contributed by atoms with Gasteiger partial charge in [0.05, 0.1) is 29.7 Å². The molecule has 0 saturated carbocycles. The Balaban J connectivity index is 1.33. The second-order valence-electron chi connectivity index (χ2n) is 7.04. The van der Waals surface area contributed by atoms with Gasteiger partial charge in [0.2, 0.25) is 0 Å². The molecule has 0 aliphatic heterocycles. The molecule has 0 unspecified atom stereocenters. The van der Waals surface area contributed by atoms with E-state index in [2.05, 4.69) is 15.4 Å². The summed E-state index contributed by atoms with van der Waals surface area (Å²) in [7, 11) is 0. The molecule has 31 heavy (non-hydrogen) atoms. The molecule has 0 fully saturated rings. The summed E-state index contributed by atoms with van der Waals surface area (Å²) in [4.78, 5) is 17.0. The fraction of sp³-hybridized carbons (Fsp3) is 0.208. The fourth-order valence-electron chi connectivity index (χ4n) is 3.45. The van der Waals surface area contributed by atoms with Crippen LogP contribution >= 0.6 is 0 Å². The number of hydrogen-bond acceptors (Lipinski definition) is 4. The van der Waals surface area contributed by atoms with Gasteiger partial charge in [-0.15, -0.1) is 0 Å². The number of nitrogens with one attached hydrogen (secondary N) is 1. The first-order valence-corrected chi connectivity index (χ1v) is 10.2. The summed E-state index contributed by atoms with van der Waals surface area (Å²) in [6.45, 7) is 2.90. The van der Waals surface area contributed by atoms with Crippen molar-refractivity contribution in [2.45, 2.75) is 19.8 Å². The summed E-state index contributed by atoms with van der Waals surface area (Å²) in [5.74, 6) is 0.240. The third kappa shape index (κ3) is 4.55. The van der Waals surface area contributed by atoms with Crippen molar-refractivity contribution in [2.24, 2.45) is 0 Å². The number of carbonyl (C=O) groups is 1. The summed E-state index contributed by atoms with van der Waals surface area (Å²) >= 11 is 0. The maximum atomic E-state index is 13.2. The van der Waals surface area contributed by atoms with Gasteiger partial charge in [-0.3, -0.25) is 9.78 Å². The van der Waals surface area contributed by atoms with Gasteiger partial charge in [-0.1, -0.05) is 25.1 Å². The van der Waals surface area contributed by atoms with Crippen molar-refractivity contribution in [1.29, 1.82) is 0 Å². The van der Waals surface area contributed by atoms with Crippen LogP contribution in [0, 0.1) is 5.82 Å². The molecule has 2 heterocycles. The van der Waals surface area contributed by atoms with E-state index >= 15 is 0 Å². The third-order valence-corrected chi connectivity index (χ3v) is 4.98. The Hall–Kier alpha value is -3.74. The lowest BCUT2D eigenvalue weighted by Gasteiger charge is -2.10. The first-order valence-electron chi connectivity index (χ1n) is 10.2. The molecule has 0 saturated heterocycles. The Morgan fingerprint density at radius 2 is 1.94 bits per heavy atom. The van der Waals surface area contributed by atoms with E-state index in [1.807, 2.05) is 37.3 Å². The summed E-state index contributed by atoms with van der Waals surface area (Å²) in [5, 5.41) is 8.27. The van der Waals surface area contributed by atoms with E-state index in [0.29, 0.717) is 31.6 Å². The number of benzene rings is 2. The minimum absolute atomic E-state index is 0.183. The SMILES string of the molecule is CCc1c(C(=O)NCCCOc2cccc3cccnc23)cnn1-c1ccc(F)cc1. The van der Waals surface area contributed by atoms with Crippen LogP contribution in [-0.4, -0.2) is 33.8 Å². The van der Waals surface area contributed by atoms with Crippen molar-refractivity contribution in [2.75, 3.05) is 13.2 Å². The standard InChI is InChI=1S/C24H23FN4O2/c1-2-21-20(16-28-29(21)19-11-9-18(25)10-12-19)24(30)27-14-5-15-31-22-8-3-6-17-7-4-13-26-23(17)22/h3-4,6-13,16H,2,5,14-15H2,1H3,(H,27,30). The molecule has 0 aliphatic rings. The summed E-state index contributed by atoms with van der Waals surface area (Å²) in [6.07, 6.45) is 4.57. The zero-order chi connectivity index (χ0) is 21.6. The van der Waals surface area contributed by atoms with Crippen molar-refractivity contribution >= 4 is 16.8 Å². The highest BCUT2D eigenvalue weighted by Crippen LogP contribution is 2.23. The lowest BCUT2D eigenvalue weighted by atomic mass is 10.2. The molecular formula is C24H23FN4O2. The van der Waals surface area contributed by atoms with Crippen molar-refractivity contribution < 1.29 is 13.9 Å². The highest BCUT2D eigenvalue weighted by Gasteiger charge is 2.17. The molecule has 4 aromatic rings. The molecule has 0 aliphatic carbocycles. The average Bonchev–Trinajstić information content (AvgIpc) is 3.23. The Morgan fingerprint density at radius 3 is 2.74 bits per heavy atom. The average molecular weight is 418 g/mol. The predicted octanol–water partition coefficient (Wildman–Crippen LogP) is 4.32. The van der Waals surface area contributed by atoms with Gasteiger partial charge in [0, 0.05) is 18.1 Å². The molecule has 4 rings (SSSR count). The van der Waals surface area contributed by atoms with E-state index < -0.39 is 0 Å². The van der Waals surface area contributed by atoms with Gasteiger partial charge in [-0.05, 0) is 49.2 Å². The molecule has 7 heteroatoms. The number of amides is 1. The molecule has 6 nitrogen and oxygen atoms in total. The molecule has 1 N–H and O–H groups in total. The molecular weight excluding hydrogens is 395 g/mol. The number of carbonyl (C=O) groups excluding carboxylic acids is 1.